The van der Waals surface area contributed by atoms with Gasteiger partial charge in [0.05, 0.1) is 10.6 Å². The highest BCUT2D eigenvalue weighted by Crippen LogP contribution is 2.26. The lowest BCUT2D eigenvalue weighted by molar-refractivity contribution is -0.385. The monoisotopic (exact) mass is 350 g/mol. The van der Waals surface area contributed by atoms with E-state index in [1.165, 1.54) is 6.07 Å². The lowest BCUT2D eigenvalue weighted by atomic mass is 10.2. The fraction of sp³-hybridized carbons (Fsp3) is 0.0769. The summed E-state index contributed by atoms with van der Waals surface area (Å²) in [4.78, 5) is 26.1. The van der Waals surface area contributed by atoms with Crippen molar-refractivity contribution in [3.05, 3.63) is 56.2 Å². The molecule has 0 aliphatic rings. The number of benzene rings is 1. The van der Waals surface area contributed by atoms with Crippen LogP contribution < -0.4 is 11.1 Å². The molecule has 1 aromatic carbocycles. The van der Waals surface area contributed by atoms with Gasteiger partial charge in [-0.2, -0.15) is 0 Å². The number of hydrogen-bond donors (Lipinski definition) is 2. The molecule has 0 fully saturated rings. The number of nitrogens with one attached hydrogen (secondary N) is 1. The molecule has 7 nitrogen and oxygen atoms in total. The quantitative estimate of drug-likeness (QED) is 0.652. The van der Waals surface area contributed by atoms with E-state index >= 15 is 0 Å². The normalized spacial score (nSPS) is 10.2. The van der Waals surface area contributed by atoms with Crippen molar-refractivity contribution in [3.8, 4) is 0 Å². The van der Waals surface area contributed by atoms with Gasteiger partial charge >= 0.3 is 0 Å². The Morgan fingerprint density at radius 3 is 2.76 bits per heavy atom. The Morgan fingerprint density at radius 1 is 1.43 bits per heavy atom. The maximum atomic E-state index is 12.2. The number of amides is 1. The smallest absolute Gasteiger partial charge is 0.300 e. The number of nitrogens with two attached hydrogens (primary N) is 1. The van der Waals surface area contributed by atoms with Gasteiger partial charge in [0.15, 0.2) is 0 Å². The fourth-order valence-electron chi connectivity index (χ4n) is 1.70. The van der Waals surface area contributed by atoms with E-state index in [9.17, 15) is 14.9 Å². The topological polar surface area (TPSA) is 111 Å². The van der Waals surface area contributed by atoms with Crippen LogP contribution in [0.4, 0.5) is 17.2 Å². The first-order valence-corrected chi connectivity index (χ1v) is 6.65. The minimum atomic E-state index is -0.675. The Labute approximate surface area is 128 Å². The molecule has 21 heavy (non-hydrogen) atoms. The Balaban J connectivity index is 2.36. The highest BCUT2D eigenvalue weighted by Gasteiger charge is 2.21. The zero-order valence-electron chi connectivity index (χ0n) is 11.0. The van der Waals surface area contributed by atoms with Gasteiger partial charge in [-0.25, -0.2) is 4.98 Å². The Morgan fingerprint density at radius 2 is 2.14 bits per heavy atom. The summed E-state index contributed by atoms with van der Waals surface area (Å²) in [7, 11) is 0. The summed E-state index contributed by atoms with van der Waals surface area (Å²) in [6, 6.07) is 6.52. The summed E-state index contributed by atoms with van der Waals surface area (Å²) in [5, 5.41) is 13.5. The van der Waals surface area contributed by atoms with Crippen molar-refractivity contribution in [1.82, 2.24) is 4.98 Å². The van der Waals surface area contributed by atoms with E-state index in [0.717, 1.165) is 11.8 Å². The van der Waals surface area contributed by atoms with Crippen molar-refractivity contribution in [2.75, 3.05) is 11.1 Å². The minimum absolute atomic E-state index is 0.0359. The van der Waals surface area contributed by atoms with Crippen LogP contribution in [0.25, 0.3) is 0 Å². The standard InChI is InChI=1S/C13H11BrN4O3/c1-7-2-3-10(9(14)4-7)17-13(19)8-5-12(15)16-6-11(8)18(20)21/h2-6H,1H3,(H2,15,16)(H,17,19). The number of aryl methyl sites for hydroxylation is 1. The average Bonchev–Trinajstić information content (AvgIpc) is 2.41. The number of pyridine rings is 1. The van der Waals surface area contributed by atoms with Crippen LogP contribution in [0, 0.1) is 17.0 Å². The Bertz CT molecular complexity index is 733. The molecule has 0 unspecified atom stereocenters. The zero-order valence-corrected chi connectivity index (χ0v) is 12.5. The van der Waals surface area contributed by atoms with E-state index in [4.69, 9.17) is 5.73 Å². The van der Waals surface area contributed by atoms with Crippen LogP contribution in [0.5, 0.6) is 0 Å². The molecule has 3 N–H and O–H groups in total. The van der Waals surface area contributed by atoms with E-state index in [1.807, 2.05) is 19.1 Å². The van der Waals surface area contributed by atoms with Crippen molar-refractivity contribution >= 4 is 39.0 Å². The number of nitrogens with zero attached hydrogens (tertiary/aromatic N) is 2. The van der Waals surface area contributed by atoms with Gasteiger partial charge in [-0.15, -0.1) is 0 Å². The summed E-state index contributed by atoms with van der Waals surface area (Å²) >= 11 is 3.32. The van der Waals surface area contributed by atoms with E-state index in [-0.39, 0.29) is 11.4 Å². The number of halogens is 1. The molecule has 0 radical (unpaired) electrons. The minimum Gasteiger partial charge on any atom is -0.384 e. The molecule has 2 rings (SSSR count). The summed E-state index contributed by atoms with van der Waals surface area (Å²) in [5.74, 6) is -0.589. The van der Waals surface area contributed by atoms with E-state index < -0.39 is 16.5 Å². The molecule has 0 spiro atoms. The fourth-order valence-corrected chi connectivity index (χ4v) is 2.30. The summed E-state index contributed by atoms with van der Waals surface area (Å²) in [6.07, 6.45) is 0.967. The molecule has 1 amide bonds. The van der Waals surface area contributed by atoms with Crippen LogP contribution in [0.1, 0.15) is 15.9 Å². The second-order valence-electron chi connectivity index (χ2n) is 4.32. The predicted octanol–water partition coefficient (Wildman–Crippen LogP) is 2.90. The maximum Gasteiger partial charge on any atom is 0.300 e. The molecule has 1 aromatic heterocycles. The zero-order chi connectivity index (χ0) is 15.6. The number of nitrogen functional groups attached to an aromatic ring is 1. The molecule has 1 heterocycles. The lowest BCUT2D eigenvalue weighted by Crippen LogP contribution is -2.15. The van der Waals surface area contributed by atoms with Crippen molar-refractivity contribution < 1.29 is 9.72 Å². The van der Waals surface area contributed by atoms with Gasteiger partial charge in [-0.3, -0.25) is 14.9 Å². The van der Waals surface area contributed by atoms with Crippen LogP contribution >= 0.6 is 15.9 Å². The summed E-state index contributed by atoms with van der Waals surface area (Å²) in [5.41, 5.74) is 6.47. The van der Waals surface area contributed by atoms with Gasteiger partial charge in [-0.1, -0.05) is 6.07 Å². The number of rotatable bonds is 3. The van der Waals surface area contributed by atoms with Gasteiger partial charge in [0.2, 0.25) is 0 Å². The van der Waals surface area contributed by atoms with Gasteiger partial charge in [0.1, 0.15) is 17.6 Å². The first kappa shape index (κ1) is 14.9. The number of hydrogen-bond acceptors (Lipinski definition) is 5. The molecular weight excluding hydrogens is 340 g/mol. The third kappa shape index (κ3) is 3.34. The highest BCUT2D eigenvalue weighted by molar-refractivity contribution is 9.10. The number of carbonyl (C=O) groups excluding carboxylic acids is 1. The van der Waals surface area contributed by atoms with Gasteiger partial charge < -0.3 is 11.1 Å². The molecular formula is C13H11BrN4O3. The van der Waals surface area contributed by atoms with Crippen molar-refractivity contribution in [2.24, 2.45) is 0 Å². The SMILES string of the molecule is Cc1ccc(NC(=O)c2cc(N)ncc2[N+](=O)[O-])c(Br)c1. The molecule has 0 atom stereocenters. The third-order valence-electron chi connectivity index (χ3n) is 2.72. The molecule has 8 heteroatoms. The van der Waals surface area contributed by atoms with Crippen molar-refractivity contribution in [3.63, 3.8) is 0 Å². The van der Waals surface area contributed by atoms with Crippen LogP contribution in [0.3, 0.4) is 0 Å². The molecule has 0 bridgehead atoms. The van der Waals surface area contributed by atoms with E-state index in [2.05, 4.69) is 26.2 Å². The second kappa shape index (κ2) is 5.88. The summed E-state index contributed by atoms with van der Waals surface area (Å²) < 4.78 is 0.681. The van der Waals surface area contributed by atoms with E-state index in [1.54, 1.807) is 6.07 Å². The first-order valence-electron chi connectivity index (χ1n) is 5.86. The van der Waals surface area contributed by atoms with Crippen LogP contribution in [0.15, 0.2) is 34.9 Å². The maximum absolute atomic E-state index is 12.2. The van der Waals surface area contributed by atoms with Gasteiger partial charge in [-0.05, 0) is 46.6 Å². The number of aromatic nitrogens is 1. The molecule has 0 aliphatic carbocycles. The number of carbonyl (C=O) groups is 1. The average molecular weight is 351 g/mol. The van der Waals surface area contributed by atoms with Crippen molar-refractivity contribution in [2.45, 2.75) is 6.92 Å². The molecule has 0 aliphatic heterocycles. The van der Waals surface area contributed by atoms with E-state index in [0.29, 0.717) is 10.2 Å². The number of anilines is 2. The lowest BCUT2D eigenvalue weighted by Gasteiger charge is -2.08. The first-order chi connectivity index (χ1) is 9.88. The van der Waals surface area contributed by atoms with Crippen LogP contribution in [-0.2, 0) is 0 Å². The molecule has 108 valence electrons. The largest absolute Gasteiger partial charge is 0.384 e. The predicted molar refractivity (Wildman–Crippen MR) is 82.1 cm³/mol. The molecule has 2 aromatic rings. The number of nitro groups is 1. The third-order valence-corrected chi connectivity index (χ3v) is 3.37. The Kier molecular flexibility index (Phi) is 4.18. The van der Waals surface area contributed by atoms with Crippen molar-refractivity contribution in [1.29, 1.82) is 0 Å². The highest BCUT2D eigenvalue weighted by atomic mass is 79.9. The molecule has 0 saturated carbocycles. The van der Waals surface area contributed by atoms with Gasteiger partial charge in [0, 0.05) is 4.47 Å². The van der Waals surface area contributed by atoms with Crippen LogP contribution in [0.2, 0.25) is 0 Å². The Hall–Kier alpha value is -2.48. The second-order valence-corrected chi connectivity index (χ2v) is 5.18. The molecule has 0 saturated heterocycles. The van der Waals surface area contributed by atoms with Crippen LogP contribution in [-0.4, -0.2) is 15.8 Å². The van der Waals surface area contributed by atoms with Gasteiger partial charge in [0.25, 0.3) is 11.6 Å². The summed E-state index contributed by atoms with van der Waals surface area (Å²) in [6.45, 7) is 1.91.